The molecule has 0 aromatic heterocycles. The van der Waals surface area contributed by atoms with E-state index in [0.717, 1.165) is 16.0 Å². The second-order valence-electron chi connectivity index (χ2n) is 7.73. The number of amides is 2. The molecule has 0 unspecified atom stereocenters. The molecule has 1 aliphatic heterocycles. The zero-order valence-electron chi connectivity index (χ0n) is 16.8. The van der Waals surface area contributed by atoms with Crippen LogP contribution in [0.5, 0.6) is 0 Å². The number of carbonyl (C=O) groups excluding carboxylic acids is 2. The van der Waals surface area contributed by atoms with Crippen LogP contribution < -0.4 is 5.73 Å². The number of hydrogen-bond acceptors (Lipinski definition) is 3. The Balaban J connectivity index is 1.87. The Labute approximate surface area is 173 Å². The fourth-order valence-electron chi connectivity index (χ4n) is 3.58. The topological polar surface area (TPSA) is 66.6 Å². The van der Waals surface area contributed by atoms with Gasteiger partial charge in [0.1, 0.15) is 11.9 Å². The number of halogens is 3. The third-order valence-electron chi connectivity index (χ3n) is 5.28. The zero-order valence-corrected chi connectivity index (χ0v) is 16.8. The van der Waals surface area contributed by atoms with Crippen LogP contribution in [0, 0.1) is 5.82 Å². The number of alkyl halides is 2. The van der Waals surface area contributed by atoms with Crippen LogP contribution in [-0.2, 0) is 9.59 Å². The van der Waals surface area contributed by atoms with E-state index in [-0.39, 0.29) is 12.4 Å². The van der Waals surface area contributed by atoms with E-state index in [2.05, 4.69) is 0 Å². The first-order valence-corrected chi connectivity index (χ1v) is 9.58. The molecule has 1 aliphatic rings. The SMILES string of the molecule is CN(C)C(=O)[C@@H](c1ccc(-c2ccc(F)cc2)cc1)[C@H](N)C(=O)N1CCC(F)(F)C1. The number of rotatable bonds is 5. The highest BCUT2D eigenvalue weighted by Crippen LogP contribution is 2.30. The lowest BCUT2D eigenvalue weighted by Crippen LogP contribution is -2.50. The first-order chi connectivity index (χ1) is 14.1. The summed E-state index contributed by atoms with van der Waals surface area (Å²) < 4.78 is 40.2. The van der Waals surface area contributed by atoms with Gasteiger partial charge in [-0.3, -0.25) is 9.59 Å². The van der Waals surface area contributed by atoms with Crippen LogP contribution >= 0.6 is 0 Å². The highest BCUT2D eigenvalue weighted by molar-refractivity contribution is 5.93. The summed E-state index contributed by atoms with van der Waals surface area (Å²) in [7, 11) is 3.09. The molecule has 0 aliphatic carbocycles. The average Bonchev–Trinajstić information content (AvgIpc) is 3.08. The summed E-state index contributed by atoms with van der Waals surface area (Å²) in [5, 5.41) is 0. The Morgan fingerprint density at radius 2 is 1.57 bits per heavy atom. The van der Waals surface area contributed by atoms with Gasteiger partial charge in [0.05, 0.1) is 12.5 Å². The predicted octanol–water partition coefficient (Wildman–Crippen LogP) is 2.86. The molecule has 2 atom stereocenters. The Bertz CT molecular complexity index is 914. The Kier molecular flexibility index (Phi) is 6.17. The van der Waals surface area contributed by atoms with Gasteiger partial charge in [-0.2, -0.15) is 0 Å². The number of hydrogen-bond donors (Lipinski definition) is 1. The normalized spacial score (nSPS) is 17.5. The third-order valence-corrected chi connectivity index (χ3v) is 5.28. The van der Waals surface area contributed by atoms with Crippen molar-refractivity contribution in [3.05, 3.63) is 59.9 Å². The minimum Gasteiger partial charge on any atom is -0.348 e. The van der Waals surface area contributed by atoms with Gasteiger partial charge in [0.25, 0.3) is 5.92 Å². The van der Waals surface area contributed by atoms with Gasteiger partial charge in [-0.05, 0) is 28.8 Å². The third kappa shape index (κ3) is 4.64. The lowest BCUT2D eigenvalue weighted by Gasteiger charge is -2.28. The molecule has 30 heavy (non-hydrogen) atoms. The van der Waals surface area contributed by atoms with Crippen molar-refractivity contribution >= 4 is 11.8 Å². The molecule has 1 fully saturated rings. The van der Waals surface area contributed by atoms with Crippen molar-refractivity contribution in [1.82, 2.24) is 9.80 Å². The van der Waals surface area contributed by atoms with Crippen LogP contribution in [0.15, 0.2) is 48.5 Å². The Hall–Kier alpha value is -2.87. The molecule has 8 heteroatoms. The standard InChI is InChI=1S/C22H24F3N3O2/c1-27(2)20(29)18(19(26)21(30)28-12-11-22(24,25)13-28)16-5-3-14(4-6-16)15-7-9-17(23)10-8-15/h3-10,18-19H,11-13,26H2,1-2H3/t18-,19-/m0/s1. The van der Waals surface area contributed by atoms with Crippen molar-refractivity contribution in [2.75, 3.05) is 27.2 Å². The van der Waals surface area contributed by atoms with Crippen molar-refractivity contribution in [3.63, 3.8) is 0 Å². The molecule has 1 heterocycles. The van der Waals surface area contributed by atoms with Crippen molar-refractivity contribution in [3.8, 4) is 11.1 Å². The summed E-state index contributed by atoms with van der Waals surface area (Å²) in [6, 6.07) is 11.5. The molecule has 5 nitrogen and oxygen atoms in total. The van der Waals surface area contributed by atoms with Gasteiger partial charge in [0.15, 0.2) is 0 Å². The second kappa shape index (κ2) is 8.47. The minimum atomic E-state index is -2.94. The fraction of sp³-hybridized carbons (Fsp3) is 0.364. The Morgan fingerprint density at radius 3 is 2.03 bits per heavy atom. The van der Waals surface area contributed by atoms with Crippen molar-refractivity contribution < 1.29 is 22.8 Å². The molecule has 2 aromatic carbocycles. The van der Waals surface area contributed by atoms with Gasteiger partial charge >= 0.3 is 0 Å². The largest absolute Gasteiger partial charge is 0.348 e. The number of carbonyl (C=O) groups is 2. The average molecular weight is 419 g/mol. The second-order valence-corrected chi connectivity index (χ2v) is 7.73. The fourth-order valence-corrected chi connectivity index (χ4v) is 3.58. The van der Waals surface area contributed by atoms with Gasteiger partial charge in [-0.1, -0.05) is 36.4 Å². The molecule has 0 spiro atoms. The molecule has 3 rings (SSSR count). The molecule has 0 saturated carbocycles. The summed E-state index contributed by atoms with van der Waals surface area (Å²) in [5.41, 5.74) is 8.24. The number of nitrogens with zero attached hydrogens (tertiary/aromatic N) is 2. The Morgan fingerprint density at radius 1 is 1.03 bits per heavy atom. The zero-order chi connectivity index (χ0) is 22.1. The number of likely N-dealkylation sites (tertiary alicyclic amines) is 1. The molecule has 160 valence electrons. The lowest BCUT2D eigenvalue weighted by molar-refractivity contribution is -0.139. The molecule has 0 radical (unpaired) electrons. The van der Waals surface area contributed by atoms with E-state index in [1.807, 2.05) is 0 Å². The van der Waals surface area contributed by atoms with E-state index < -0.39 is 42.7 Å². The van der Waals surface area contributed by atoms with Crippen molar-refractivity contribution in [2.45, 2.75) is 24.3 Å². The van der Waals surface area contributed by atoms with Crippen LogP contribution in [0.3, 0.4) is 0 Å². The van der Waals surface area contributed by atoms with Crippen LogP contribution in [-0.4, -0.2) is 60.8 Å². The van der Waals surface area contributed by atoms with E-state index in [0.29, 0.717) is 5.56 Å². The van der Waals surface area contributed by atoms with Crippen LogP contribution in [0.1, 0.15) is 17.9 Å². The highest BCUT2D eigenvalue weighted by atomic mass is 19.3. The molecule has 2 N–H and O–H groups in total. The van der Waals surface area contributed by atoms with Crippen LogP contribution in [0.25, 0.3) is 11.1 Å². The van der Waals surface area contributed by atoms with Gasteiger partial charge in [0.2, 0.25) is 11.8 Å². The van der Waals surface area contributed by atoms with Crippen molar-refractivity contribution in [1.29, 1.82) is 0 Å². The molecule has 1 saturated heterocycles. The summed E-state index contributed by atoms with van der Waals surface area (Å²) in [4.78, 5) is 27.9. The predicted molar refractivity (Wildman–Crippen MR) is 107 cm³/mol. The van der Waals surface area contributed by atoms with Crippen LogP contribution in [0.4, 0.5) is 13.2 Å². The smallest absolute Gasteiger partial charge is 0.267 e. The van der Waals surface area contributed by atoms with E-state index in [4.69, 9.17) is 5.73 Å². The first-order valence-electron chi connectivity index (χ1n) is 9.58. The summed E-state index contributed by atoms with van der Waals surface area (Å²) in [5.74, 6) is -5.35. The van der Waals surface area contributed by atoms with E-state index in [1.54, 1.807) is 50.5 Å². The molecular formula is C22H24F3N3O2. The maximum atomic E-state index is 13.5. The summed E-state index contributed by atoms with van der Waals surface area (Å²) in [6.07, 6.45) is -0.413. The van der Waals surface area contributed by atoms with Gasteiger partial charge < -0.3 is 15.5 Å². The van der Waals surface area contributed by atoms with Gasteiger partial charge in [-0.15, -0.1) is 0 Å². The molecule has 0 bridgehead atoms. The van der Waals surface area contributed by atoms with Gasteiger partial charge in [-0.25, -0.2) is 13.2 Å². The number of benzene rings is 2. The summed E-state index contributed by atoms with van der Waals surface area (Å²) in [6.45, 7) is -0.780. The van der Waals surface area contributed by atoms with Crippen LogP contribution in [0.2, 0.25) is 0 Å². The van der Waals surface area contributed by atoms with E-state index >= 15 is 0 Å². The van der Waals surface area contributed by atoms with E-state index in [1.165, 1.54) is 17.0 Å². The maximum Gasteiger partial charge on any atom is 0.267 e. The summed E-state index contributed by atoms with van der Waals surface area (Å²) >= 11 is 0. The first kappa shape index (κ1) is 21.8. The number of likely N-dealkylation sites (N-methyl/N-ethyl adjacent to an activating group) is 1. The lowest BCUT2D eigenvalue weighted by atomic mass is 9.88. The highest BCUT2D eigenvalue weighted by Gasteiger charge is 2.44. The maximum absolute atomic E-state index is 13.5. The molecular weight excluding hydrogens is 395 g/mol. The number of nitrogens with two attached hydrogens (primary N) is 1. The quantitative estimate of drug-likeness (QED) is 0.811. The monoisotopic (exact) mass is 419 g/mol. The van der Waals surface area contributed by atoms with Crippen molar-refractivity contribution in [2.24, 2.45) is 5.73 Å². The van der Waals surface area contributed by atoms with Gasteiger partial charge in [0, 0.05) is 27.1 Å². The minimum absolute atomic E-state index is 0.0914. The van der Waals surface area contributed by atoms with E-state index in [9.17, 15) is 22.8 Å². The molecule has 2 amide bonds. The molecule has 2 aromatic rings.